The average molecular weight is 299 g/mol. The molecule has 2 aromatic rings. The van der Waals surface area contributed by atoms with E-state index in [0.29, 0.717) is 6.54 Å². The third kappa shape index (κ3) is 2.41. The second-order valence-corrected chi connectivity index (χ2v) is 6.16. The molecule has 2 aromatic heterocycles. The first-order valence-electron chi connectivity index (χ1n) is 4.85. The van der Waals surface area contributed by atoms with E-state index >= 15 is 0 Å². The van der Waals surface area contributed by atoms with Crippen molar-refractivity contribution in [2.75, 3.05) is 0 Å². The molecule has 0 radical (unpaired) electrons. The van der Waals surface area contributed by atoms with Crippen molar-refractivity contribution in [2.24, 2.45) is 0 Å². The van der Waals surface area contributed by atoms with Gasteiger partial charge in [-0.05, 0) is 48.0 Å². The number of thiophene rings is 1. The summed E-state index contributed by atoms with van der Waals surface area (Å²) in [5.41, 5.74) is 1.54. The molecule has 0 bridgehead atoms. The van der Waals surface area contributed by atoms with Gasteiger partial charge in [-0.3, -0.25) is 4.57 Å². The van der Waals surface area contributed by atoms with Crippen LogP contribution in [0.25, 0.3) is 0 Å². The Bertz CT molecular complexity index is 574. The minimum Gasteiger partial charge on any atom is -0.291 e. The maximum absolute atomic E-state index is 11.7. The summed E-state index contributed by atoms with van der Waals surface area (Å²) in [5, 5.41) is 0. The van der Waals surface area contributed by atoms with Crippen LogP contribution in [0, 0.1) is 13.8 Å². The summed E-state index contributed by atoms with van der Waals surface area (Å²) in [6.45, 7) is 4.35. The van der Waals surface area contributed by atoms with E-state index in [1.807, 2.05) is 32.0 Å². The fraction of sp³-hybridized carbons (Fsp3) is 0.273. The maximum Gasteiger partial charge on any atom is 0.348 e. The number of hydrogen-bond donors (Lipinski definition) is 0. The lowest BCUT2D eigenvalue weighted by atomic mass is 10.3. The predicted octanol–water partition coefficient (Wildman–Crippen LogP) is 2.73. The second kappa shape index (κ2) is 4.51. The maximum atomic E-state index is 11.7. The van der Waals surface area contributed by atoms with E-state index in [-0.39, 0.29) is 5.69 Å². The predicted molar refractivity (Wildman–Crippen MR) is 69.1 cm³/mol. The average Bonchev–Trinajstić information content (AvgIpc) is 2.58. The number of nitrogens with zero attached hydrogens (tertiary/aromatic N) is 2. The lowest BCUT2D eigenvalue weighted by molar-refractivity contribution is 0.701. The van der Waals surface area contributed by atoms with Gasteiger partial charge >= 0.3 is 5.69 Å². The summed E-state index contributed by atoms with van der Waals surface area (Å²) < 4.78 is 2.76. The quantitative estimate of drug-likeness (QED) is 0.854. The lowest BCUT2D eigenvalue weighted by Gasteiger charge is -2.07. The standard InChI is InChI=1S/C11H11BrN2OS/c1-7-5-8(2)14(11(15)13-7)6-9-3-4-10(12)16-9/h3-5H,6H2,1-2H3. The normalized spacial score (nSPS) is 10.7. The molecule has 5 heteroatoms. The molecule has 0 aromatic carbocycles. The molecule has 3 nitrogen and oxygen atoms in total. The lowest BCUT2D eigenvalue weighted by Crippen LogP contribution is -2.25. The Balaban J connectivity index is 2.38. The van der Waals surface area contributed by atoms with Crippen molar-refractivity contribution in [2.45, 2.75) is 20.4 Å². The topological polar surface area (TPSA) is 34.9 Å². The Morgan fingerprint density at radius 1 is 1.44 bits per heavy atom. The third-order valence-corrected chi connectivity index (χ3v) is 3.90. The van der Waals surface area contributed by atoms with Crippen LogP contribution in [-0.4, -0.2) is 9.55 Å². The molecule has 84 valence electrons. The van der Waals surface area contributed by atoms with E-state index in [0.717, 1.165) is 20.1 Å². The summed E-state index contributed by atoms with van der Waals surface area (Å²) >= 11 is 5.04. The summed E-state index contributed by atoms with van der Waals surface area (Å²) in [4.78, 5) is 16.8. The van der Waals surface area contributed by atoms with Gasteiger partial charge in [0.25, 0.3) is 0 Å². The highest BCUT2D eigenvalue weighted by molar-refractivity contribution is 9.11. The zero-order valence-electron chi connectivity index (χ0n) is 9.03. The zero-order chi connectivity index (χ0) is 11.7. The Hall–Kier alpha value is -0.940. The van der Waals surface area contributed by atoms with Gasteiger partial charge in [0, 0.05) is 16.3 Å². The van der Waals surface area contributed by atoms with Crippen molar-refractivity contribution in [1.29, 1.82) is 0 Å². The molecular weight excluding hydrogens is 288 g/mol. The van der Waals surface area contributed by atoms with Gasteiger partial charge in [-0.25, -0.2) is 4.79 Å². The monoisotopic (exact) mass is 298 g/mol. The van der Waals surface area contributed by atoms with Crippen molar-refractivity contribution >= 4 is 27.3 Å². The van der Waals surface area contributed by atoms with Gasteiger partial charge in [0.2, 0.25) is 0 Å². The second-order valence-electron chi connectivity index (χ2n) is 3.61. The number of aryl methyl sites for hydroxylation is 2. The summed E-state index contributed by atoms with van der Waals surface area (Å²) in [7, 11) is 0. The van der Waals surface area contributed by atoms with Crippen LogP contribution in [0.4, 0.5) is 0 Å². The smallest absolute Gasteiger partial charge is 0.291 e. The molecule has 0 aliphatic carbocycles. The first-order chi connectivity index (χ1) is 7.56. The molecule has 0 aliphatic heterocycles. The van der Waals surface area contributed by atoms with Crippen molar-refractivity contribution in [3.63, 3.8) is 0 Å². The van der Waals surface area contributed by atoms with E-state index in [4.69, 9.17) is 0 Å². The van der Waals surface area contributed by atoms with Crippen LogP contribution < -0.4 is 5.69 Å². The van der Waals surface area contributed by atoms with Crippen molar-refractivity contribution in [3.05, 3.63) is 48.7 Å². The number of hydrogen-bond acceptors (Lipinski definition) is 3. The molecule has 0 spiro atoms. The third-order valence-electron chi connectivity index (χ3n) is 2.29. The van der Waals surface area contributed by atoms with Crippen LogP contribution in [-0.2, 0) is 6.54 Å². The molecule has 0 atom stereocenters. The van der Waals surface area contributed by atoms with Gasteiger partial charge in [0.15, 0.2) is 0 Å². The fourth-order valence-electron chi connectivity index (χ4n) is 1.56. The number of rotatable bonds is 2. The van der Waals surface area contributed by atoms with Gasteiger partial charge in [0.05, 0.1) is 10.3 Å². The fourth-order valence-corrected chi connectivity index (χ4v) is 3.03. The van der Waals surface area contributed by atoms with Crippen LogP contribution in [0.1, 0.15) is 16.3 Å². The van der Waals surface area contributed by atoms with Crippen LogP contribution >= 0.6 is 27.3 Å². The number of halogens is 1. The Morgan fingerprint density at radius 3 is 2.75 bits per heavy atom. The molecule has 0 saturated carbocycles. The molecular formula is C11H11BrN2OS. The van der Waals surface area contributed by atoms with Crippen LogP contribution in [0.3, 0.4) is 0 Å². The van der Waals surface area contributed by atoms with E-state index in [1.54, 1.807) is 15.9 Å². The molecule has 0 N–H and O–H groups in total. The van der Waals surface area contributed by atoms with E-state index in [1.165, 1.54) is 0 Å². The van der Waals surface area contributed by atoms with Gasteiger partial charge in [-0.2, -0.15) is 4.98 Å². The van der Waals surface area contributed by atoms with Gasteiger partial charge in [-0.1, -0.05) is 0 Å². The molecule has 2 heterocycles. The van der Waals surface area contributed by atoms with Gasteiger partial charge in [0.1, 0.15) is 0 Å². The first-order valence-corrected chi connectivity index (χ1v) is 6.46. The molecule has 16 heavy (non-hydrogen) atoms. The van der Waals surface area contributed by atoms with Crippen LogP contribution in [0.15, 0.2) is 26.8 Å². The van der Waals surface area contributed by atoms with Gasteiger partial charge < -0.3 is 0 Å². The Labute approximate surface area is 106 Å². The van der Waals surface area contributed by atoms with Crippen molar-refractivity contribution < 1.29 is 0 Å². The van der Waals surface area contributed by atoms with E-state index in [2.05, 4.69) is 20.9 Å². The van der Waals surface area contributed by atoms with E-state index in [9.17, 15) is 4.79 Å². The summed E-state index contributed by atoms with van der Waals surface area (Å²) in [6.07, 6.45) is 0. The molecule has 0 amide bonds. The van der Waals surface area contributed by atoms with Crippen molar-refractivity contribution in [3.8, 4) is 0 Å². The summed E-state index contributed by atoms with van der Waals surface area (Å²) in [5.74, 6) is 0. The van der Waals surface area contributed by atoms with Crippen LogP contribution in [0.2, 0.25) is 0 Å². The highest BCUT2D eigenvalue weighted by Gasteiger charge is 2.05. The largest absolute Gasteiger partial charge is 0.348 e. The van der Waals surface area contributed by atoms with Crippen molar-refractivity contribution in [1.82, 2.24) is 9.55 Å². The van der Waals surface area contributed by atoms with Crippen LogP contribution in [0.5, 0.6) is 0 Å². The molecule has 0 saturated heterocycles. The molecule has 0 aliphatic rings. The first kappa shape index (κ1) is 11.5. The summed E-state index contributed by atoms with van der Waals surface area (Å²) in [6, 6.07) is 5.92. The van der Waals surface area contributed by atoms with Gasteiger partial charge in [-0.15, -0.1) is 11.3 Å². The Kier molecular flexibility index (Phi) is 3.25. The minimum absolute atomic E-state index is 0.179. The Morgan fingerprint density at radius 2 is 2.19 bits per heavy atom. The molecule has 2 rings (SSSR count). The highest BCUT2D eigenvalue weighted by atomic mass is 79.9. The molecule has 0 unspecified atom stereocenters. The molecule has 0 fully saturated rings. The zero-order valence-corrected chi connectivity index (χ0v) is 11.4. The highest BCUT2D eigenvalue weighted by Crippen LogP contribution is 2.22. The van der Waals surface area contributed by atoms with E-state index < -0.39 is 0 Å². The number of aromatic nitrogens is 2. The minimum atomic E-state index is -0.179. The SMILES string of the molecule is Cc1cc(C)n(Cc2ccc(Br)s2)c(=O)n1.